The van der Waals surface area contributed by atoms with Gasteiger partial charge in [-0.2, -0.15) is 0 Å². The summed E-state index contributed by atoms with van der Waals surface area (Å²) in [5.74, 6) is 6.08. The maximum atomic E-state index is 6.13. The van der Waals surface area contributed by atoms with Crippen molar-refractivity contribution in [2.45, 2.75) is 6.92 Å². The lowest BCUT2D eigenvalue weighted by Crippen LogP contribution is -2.31. The molecular formula is C14H14ClN3. The van der Waals surface area contributed by atoms with E-state index >= 15 is 0 Å². The lowest BCUT2D eigenvalue weighted by atomic mass is 10.2. The molecule has 18 heavy (non-hydrogen) atoms. The third-order valence-electron chi connectivity index (χ3n) is 2.61. The Morgan fingerprint density at radius 3 is 2.44 bits per heavy atom. The van der Waals surface area contributed by atoms with E-state index in [2.05, 4.69) is 10.4 Å². The number of aliphatic imine (C=N–C) groups is 1. The monoisotopic (exact) mass is 259 g/mol. The summed E-state index contributed by atoms with van der Waals surface area (Å²) in [4.78, 5) is 4.50. The molecule has 3 N–H and O–H groups in total. The molecule has 0 aliphatic rings. The van der Waals surface area contributed by atoms with E-state index in [-0.39, 0.29) is 0 Å². The van der Waals surface area contributed by atoms with Crippen LogP contribution in [-0.2, 0) is 0 Å². The third kappa shape index (κ3) is 2.70. The molecule has 0 fully saturated rings. The molecule has 0 aromatic heterocycles. The Morgan fingerprint density at radius 2 is 1.78 bits per heavy atom. The van der Waals surface area contributed by atoms with Gasteiger partial charge in [0.05, 0.1) is 10.7 Å². The molecule has 0 saturated heterocycles. The molecule has 92 valence electrons. The highest BCUT2D eigenvalue weighted by Gasteiger charge is 2.06. The summed E-state index contributed by atoms with van der Waals surface area (Å²) in [6.45, 7) is 2.00. The summed E-state index contributed by atoms with van der Waals surface area (Å²) >= 11 is 6.13. The second-order valence-corrected chi connectivity index (χ2v) is 4.28. The number of hydrogen-bond donors (Lipinski definition) is 2. The molecule has 0 bridgehead atoms. The number of nitrogens with one attached hydrogen (secondary N) is 1. The normalized spacial score (nSPS) is 11.4. The average Bonchev–Trinajstić information content (AvgIpc) is 2.39. The summed E-state index contributed by atoms with van der Waals surface area (Å²) in [5.41, 5.74) is 5.33. The van der Waals surface area contributed by atoms with Crippen LogP contribution in [0.3, 0.4) is 0 Å². The fourth-order valence-corrected chi connectivity index (χ4v) is 1.86. The van der Waals surface area contributed by atoms with E-state index in [1.807, 2.05) is 55.5 Å². The Labute approximate surface area is 111 Å². The zero-order valence-electron chi connectivity index (χ0n) is 10.0. The molecule has 2 aromatic rings. The highest BCUT2D eigenvalue weighted by atomic mass is 35.5. The summed E-state index contributed by atoms with van der Waals surface area (Å²) in [5, 5.41) is 0.614. The number of hydrogen-bond acceptors (Lipinski definition) is 2. The quantitative estimate of drug-likeness (QED) is 0.377. The van der Waals surface area contributed by atoms with Crippen molar-refractivity contribution in [2.75, 3.05) is 0 Å². The number of para-hydroxylation sites is 1. The van der Waals surface area contributed by atoms with Gasteiger partial charge in [-0.1, -0.05) is 41.9 Å². The number of aryl methyl sites for hydroxylation is 1. The van der Waals surface area contributed by atoms with Crippen LogP contribution in [0.25, 0.3) is 0 Å². The van der Waals surface area contributed by atoms with Crippen LogP contribution in [0.4, 0.5) is 5.69 Å². The molecular weight excluding hydrogens is 246 g/mol. The Balaban J connectivity index is 2.47. The van der Waals surface area contributed by atoms with Crippen molar-refractivity contribution >= 4 is 23.1 Å². The zero-order chi connectivity index (χ0) is 13.0. The van der Waals surface area contributed by atoms with Crippen LogP contribution in [0.5, 0.6) is 0 Å². The van der Waals surface area contributed by atoms with Gasteiger partial charge in [0.2, 0.25) is 0 Å². The van der Waals surface area contributed by atoms with Crippen molar-refractivity contribution in [1.82, 2.24) is 5.43 Å². The van der Waals surface area contributed by atoms with Gasteiger partial charge in [-0.15, -0.1) is 0 Å². The van der Waals surface area contributed by atoms with E-state index in [0.717, 1.165) is 16.8 Å². The van der Waals surface area contributed by atoms with Crippen LogP contribution in [0.1, 0.15) is 11.1 Å². The minimum atomic E-state index is 0.551. The standard InChI is InChI=1S/C14H14ClN3/c1-10-6-2-5-9-13(10)17-14(18-16)11-7-3-4-8-12(11)15/h2-9H,16H2,1H3,(H,17,18). The van der Waals surface area contributed by atoms with Crippen molar-refractivity contribution in [2.24, 2.45) is 10.8 Å². The summed E-state index contributed by atoms with van der Waals surface area (Å²) in [7, 11) is 0. The Kier molecular flexibility index (Phi) is 3.97. The lowest BCUT2D eigenvalue weighted by Gasteiger charge is -2.08. The van der Waals surface area contributed by atoms with Crippen LogP contribution < -0.4 is 11.3 Å². The fraction of sp³-hybridized carbons (Fsp3) is 0.0714. The second-order valence-electron chi connectivity index (χ2n) is 3.87. The van der Waals surface area contributed by atoms with Gasteiger partial charge in [0.25, 0.3) is 0 Å². The van der Waals surface area contributed by atoms with Crippen molar-refractivity contribution in [1.29, 1.82) is 0 Å². The van der Waals surface area contributed by atoms with Crippen molar-refractivity contribution in [3.63, 3.8) is 0 Å². The number of hydrazine groups is 1. The van der Waals surface area contributed by atoms with Gasteiger partial charge < -0.3 is 5.43 Å². The topological polar surface area (TPSA) is 50.4 Å². The first-order valence-electron chi connectivity index (χ1n) is 5.58. The molecule has 0 atom stereocenters. The number of rotatable bonds is 2. The van der Waals surface area contributed by atoms with Gasteiger partial charge in [-0.25, -0.2) is 10.8 Å². The lowest BCUT2D eigenvalue weighted by molar-refractivity contribution is 1.02. The van der Waals surface area contributed by atoms with Gasteiger partial charge in [-0.3, -0.25) is 0 Å². The highest BCUT2D eigenvalue weighted by molar-refractivity contribution is 6.34. The predicted octanol–water partition coefficient (Wildman–Crippen LogP) is 3.19. The SMILES string of the molecule is Cc1ccccc1N=C(NN)c1ccccc1Cl. The van der Waals surface area contributed by atoms with Crippen molar-refractivity contribution in [3.8, 4) is 0 Å². The molecule has 4 heteroatoms. The smallest absolute Gasteiger partial charge is 0.149 e. The number of nitrogens with two attached hydrogens (primary N) is 1. The Bertz CT molecular complexity index is 579. The highest BCUT2D eigenvalue weighted by Crippen LogP contribution is 2.21. The van der Waals surface area contributed by atoms with Gasteiger partial charge in [0.1, 0.15) is 5.84 Å². The maximum Gasteiger partial charge on any atom is 0.149 e. The molecule has 0 radical (unpaired) electrons. The van der Waals surface area contributed by atoms with Crippen LogP contribution in [0.15, 0.2) is 53.5 Å². The Hall–Kier alpha value is -1.84. The van der Waals surface area contributed by atoms with Gasteiger partial charge >= 0.3 is 0 Å². The Morgan fingerprint density at radius 1 is 1.11 bits per heavy atom. The van der Waals surface area contributed by atoms with E-state index in [1.165, 1.54) is 0 Å². The van der Waals surface area contributed by atoms with Gasteiger partial charge in [0, 0.05) is 5.56 Å². The van der Waals surface area contributed by atoms with E-state index < -0.39 is 0 Å². The number of benzene rings is 2. The number of halogens is 1. The van der Waals surface area contributed by atoms with Crippen LogP contribution in [0.2, 0.25) is 5.02 Å². The molecule has 0 amide bonds. The molecule has 0 heterocycles. The first-order chi connectivity index (χ1) is 8.72. The van der Waals surface area contributed by atoms with Crippen LogP contribution in [0, 0.1) is 6.92 Å². The maximum absolute atomic E-state index is 6.13. The minimum Gasteiger partial charge on any atom is -0.308 e. The largest absolute Gasteiger partial charge is 0.308 e. The molecule has 0 spiro atoms. The average molecular weight is 260 g/mol. The molecule has 0 aliphatic carbocycles. The second kappa shape index (κ2) is 5.67. The van der Waals surface area contributed by atoms with Gasteiger partial charge in [0.15, 0.2) is 0 Å². The zero-order valence-corrected chi connectivity index (χ0v) is 10.8. The van der Waals surface area contributed by atoms with Crippen LogP contribution in [-0.4, -0.2) is 5.84 Å². The summed E-state index contributed by atoms with van der Waals surface area (Å²) in [6, 6.07) is 15.3. The van der Waals surface area contributed by atoms with Gasteiger partial charge in [-0.05, 0) is 30.7 Å². The fourth-order valence-electron chi connectivity index (χ4n) is 1.63. The van der Waals surface area contributed by atoms with E-state index in [4.69, 9.17) is 17.4 Å². The molecule has 0 saturated carbocycles. The van der Waals surface area contributed by atoms with Crippen molar-refractivity contribution in [3.05, 3.63) is 64.7 Å². The molecule has 2 aromatic carbocycles. The van der Waals surface area contributed by atoms with Crippen molar-refractivity contribution < 1.29 is 0 Å². The first-order valence-corrected chi connectivity index (χ1v) is 5.96. The molecule has 0 aliphatic heterocycles. The molecule has 3 nitrogen and oxygen atoms in total. The summed E-state index contributed by atoms with van der Waals surface area (Å²) in [6.07, 6.45) is 0. The first kappa shape index (κ1) is 12.6. The number of nitrogens with zero attached hydrogens (tertiary/aromatic N) is 1. The number of amidine groups is 1. The summed E-state index contributed by atoms with van der Waals surface area (Å²) < 4.78 is 0. The minimum absolute atomic E-state index is 0.551. The molecule has 0 unspecified atom stereocenters. The molecule has 2 rings (SSSR count). The van der Waals surface area contributed by atoms with E-state index in [0.29, 0.717) is 10.9 Å². The van der Waals surface area contributed by atoms with Crippen LogP contribution >= 0.6 is 11.6 Å². The van der Waals surface area contributed by atoms with E-state index in [1.54, 1.807) is 0 Å². The van der Waals surface area contributed by atoms with E-state index in [9.17, 15) is 0 Å². The third-order valence-corrected chi connectivity index (χ3v) is 2.94. The predicted molar refractivity (Wildman–Crippen MR) is 76.2 cm³/mol.